The highest BCUT2D eigenvalue weighted by atomic mass is 32.2. The summed E-state index contributed by atoms with van der Waals surface area (Å²) in [6, 6.07) is 2.26. The van der Waals surface area contributed by atoms with E-state index in [-0.39, 0.29) is 11.5 Å². The van der Waals surface area contributed by atoms with Crippen LogP contribution in [0.1, 0.15) is 44.0 Å². The van der Waals surface area contributed by atoms with E-state index in [1.807, 2.05) is 18.5 Å². The Morgan fingerprint density at radius 2 is 2.18 bits per heavy atom. The molecule has 1 aliphatic carbocycles. The van der Waals surface area contributed by atoms with Crippen molar-refractivity contribution in [1.29, 1.82) is 0 Å². The highest BCUT2D eigenvalue weighted by Crippen LogP contribution is 2.44. The van der Waals surface area contributed by atoms with Gasteiger partial charge in [-0.25, -0.2) is 4.52 Å². The third-order valence-corrected chi connectivity index (χ3v) is 8.05. The second-order valence-electron chi connectivity index (χ2n) is 7.93. The number of nitrogens with two attached hydrogens (primary N) is 1. The van der Waals surface area contributed by atoms with Gasteiger partial charge in [0.05, 0.1) is 23.0 Å². The van der Waals surface area contributed by atoms with E-state index in [2.05, 4.69) is 41.4 Å². The molecule has 3 aromatic heterocycles. The number of primary amides is 1. The summed E-state index contributed by atoms with van der Waals surface area (Å²) < 4.78 is 2.69. The predicted octanol–water partition coefficient (Wildman–Crippen LogP) is 3.91. The fraction of sp³-hybridized carbons (Fsp3) is 0.474. The lowest BCUT2D eigenvalue weighted by molar-refractivity contribution is 0.100. The maximum atomic E-state index is 12.1. The van der Waals surface area contributed by atoms with Crippen LogP contribution in [-0.2, 0) is 0 Å². The highest BCUT2D eigenvalue weighted by Gasteiger charge is 2.41. The number of carbonyl (C=O) groups excluding carboxylic acids is 1. The minimum absolute atomic E-state index is 0.122. The molecule has 28 heavy (non-hydrogen) atoms. The molecule has 0 bridgehead atoms. The van der Waals surface area contributed by atoms with E-state index < -0.39 is 5.91 Å². The number of nitrogens with one attached hydrogen (secondary N) is 1. The molecular weight excluding hydrogens is 392 g/mol. The van der Waals surface area contributed by atoms with Gasteiger partial charge >= 0.3 is 0 Å². The predicted molar refractivity (Wildman–Crippen MR) is 114 cm³/mol. The molecule has 1 saturated carbocycles. The number of amides is 1. The summed E-state index contributed by atoms with van der Waals surface area (Å²) in [5.41, 5.74) is 8.69. The van der Waals surface area contributed by atoms with Gasteiger partial charge in [-0.15, -0.1) is 10.2 Å². The molecule has 2 atom stereocenters. The van der Waals surface area contributed by atoms with E-state index in [1.165, 1.54) is 11.3 Å². The molecule has 7 nitrogen and oxygen atoms in total. The van der Waals surface area contributed by atoms with Gasteiger partial charge in [0.1, 0.15) is 5.01 Å². The van der Waals surface area contributed by atoms with Crippen molar-refractivity contribution in [1.82, 2.24) is 19.8 Å². The highest BCUT2D eigenvalue weighted by molar-refractivity contribution is 8.00. The van der Waals surface area contributed by atoms with E-state index >= 15 is 0 Å². The van der Waals surface area contributed by atoms with Gasteiger partial charge in [-0.1, -0.05) is 43.9 Å². The van der Waals surface area contributed by atoms with E-state index in [0.29, 0.717) is 11.5 Å². The van der Waals surface area contributed by atoms with Gasteiger partial charge in [-0.3, -0.25) is 4.79 Å². The molecule has 3 aromatic rings. The average Bonchev–Trinajstić information content (AvgIpc) is 3.35. The standard InChI is InChI=1S/C19H24N6OS2/c1-10-5-6-14(19(10,2)3)22-15-12(16(20)26)8-21-25-9-11(7-13(15)25)17-23-24-18(27-4)28-17/h7-10,14,22H,5-6H2,1-4H3,(H2,20,26)/t10-,14-/m1/s1. The number of rotatable bonds is 5. The van der Waals surface area contributed by atoms with Crippen LogP contribution in [0.15, 0.2) is 22.8 Å². The maximum absolute atomic E-state index is 12.1. The van der Waals surface area contributed by atoms with Crippen LogP contribution in [0.3, 0.4) is 0 Å². The van der Waals surface area contributed by atoms with Crippen molar-refractivity contribution in [2.75, 3.05) is 11.6 Å². The number of hydrogen-bond acceptors (Lipinski definition) is 7. The van der Waals surface area contributed by atoms with Gasteiger partial charge in [0.15, 0.2) is 4.34 Å². The Kier molecular flexibility index (Phi) is 4.83. The van der Waals surface area contributed by atoms with Gasteiger partial charge in [-0.05, 0) is 36.5 Å². The van der Waals surface area contributed by atoms with Gasteiger partial charge in [0.25, 0.3) is 5.91 Å². The quantitative estimate of drug-likeness (QED) is 0.612. The van der Waals surface area contributed by atoms with Crippen molar-refractivity contribution in [2.24, 2.45) is 17.1 Å². The third-order valence-electron chi connectivity index (χ3n) is 6.11. The molecule has 1 amide bonds. The van der Waals surface area contributed by atoms with Gasteiger partial charge < -0.3 is 11.1 Å². The lowest BCUT2D eigenvalue weighted by atomic mass is 9.80. The first-order valence-corrected chi connectivity index (χ1v) is 11.3. The lowest BCUT2D eigenvalue weighted by Crippen LogP contribution is -2.35. The number of fused-ring (bicyclic) bond motifs is 1. The van der Waals surface area contributed by atoms with Crippen LogP contribution in [0.2, 0.25) is 0 Å². The first-order chi connectivity index (χ1) is 13.3. The Balaban J connectivity index is 1.80. The first-order valence-electron chi connectivity index (χ1n) is 9.27. The number of thioether (sulfide) groups is 1. The summed E-state index contributed by atoms with van der Waals surface area (Å²) in [7, 11) is 0. The topological polar surface area (TPSA) is 98.2 Å². The van der Waals surface area contributed by atoms with Crippen molar-refractivity contribution >= 4 is 40.2 Å². The van der Waals surface area contributed by atoms with Crippen LogP contribution in [0, 0.1) is 11.3 Å². The fourth-order valence-electron chi connectivity index (χ4n) is 3.86. The van der Waals surface area contributed by atoms with Crippen molar-refractivity contribution in [3.05, 3.63) is 24.0 Å². The number of hydrogen-bond donors (Lipinski definition) is 2. The summed E-state index contributed by atoms with van der Waals surface area (Å²) in [5.74, 6) is 0.123. The van der Waals surface area contributed by atoms with Gasteiger partial charge in [0, 0.05) is 17.8 Å². The molecule has 3 heterocycles. The zero-order chi connectivity index (χ0) is 20.1. The second-order valence-corrected chi connectivity index (χ2v) is 9.96. The zero-order valence-corrected chi connectivity index (χ0v) is 18.0. The number of aromatic nitrogens is 4. The number of anilines is 1. The smallest absolute Gasteiger partial charge is 0.252 e. The Labute approximate surface area is 172 Å². The molecule has 0 unspecified atom stereocenters. The van der Waals surface area contributed by atoms with Crippen molar-refractivity contribution in [3.63, 3.8) is 0 Å². The molecule has 9 heteroatoms. The summed E-state index contributed by atoms with van der Waals surface area (Å²) in [4.78, 5) is 12.1. The van der Waals surface area contributed by atoms with Gasteiger partial charge in [0.2, 0.25) is 0 Å². The Hall–Kier alpha value is -2.13. The Bertz CT molecular complexity index is 1040. The first kappa shape index (κ1) is 19.2. The molecule has 0 radical (unpaired) electrons. The van der Waals surface area contributed by atoms with Gasteiger partial charge in [-0.2, -0.15) is 5.10 Å². The molecule has 4 rings (SSSR count). The zero-order valence-electron chi connectivity index (χ0n) is 16.4. The minimum Gasteiger partial charge on any atom is -0.379 e. The van der Waals surface area contributed by atoms with E-state index in [4.69, 9.17) is 5.73 Å². The van der Waals surface area contributed by atoms with Crippen molar-refractivity contribution in [2.45, 2.75) is 44.0 Å². The van der Waals surface area contributed by atoms with E-state index in [0.717, 1.165) is 39.0 Å². The normalized spacial score (nSPS) is 21.3. The summed E-state index contributed by atoms with van der Waals surface area (Å²) in [6.07, 6.45) is 7.65. The molecule has 0 aromatic carbocycles. The molecule has 3 N–H and O–H groups in total. The Morgan fingerprint density at radius 3 is 2.79 bits per heavy atom. The molecule has 0 aliphatic heterocycles. The van der Waals surface area contributed by atoms with E-state index in [1.54, 1.807) is 22.5 Å². The summed E-state index contributed by atoms with van der Waals surface area (Å²) >= 11 is 3.11. The third kappa shape index (κ3) is 3.16. The largest absolute Gasteiger partial charge is 0.379 e. The van der Waals surface area contributed by atoms with E-state index in [9.17, 15) is 4.79 Å². The SMILES string of the molecule is CSc1nnc(-c2cc3c(N[C@@H]4CC[C@@H](C)C4(C)C)c(C(N)=O)cnn3c2)s1. The van der Waals surface area contributed by atoms with Crippen molar-refractivity contribution < 1.29 is 4.79 Å². The monoisotopic (exact) mass is 416 g/mol. The van der Waals surface area contributed by atoms with Crippen LogP contribution in [0.4, 0.5) is 5.69 Å². The summed E-state index contributed by atoms with van der Waals surface area (Å²) in [6.45, 7) is 6.84. The van der Waals surface area contributed by atoms with Crippen LogP contribution in [-0.4, -0.2) is 38.0 Å². The lowest BCUT2D eigenvalue weighted by Gasteiger charge is -2.33. The van der Waals surface area contributed by atoms with Crippen LogP contribution in [0.25, 0.3) is 16.1 Å². The molecule has 0 saturated heterocycles. The number of carbonyl (C=O) groups is 1. The number of nitrogens with zero attached hydrogens (tertiary/aromatic N) is 4. The second kappa shape index (κ2) is 7.04. The van der Waals surface area contributed by atoms with Crippen LogP contribution >= 0.6 is 23.1 Å². The fourth-order valence-corrected chi connectivity index (χ4v) is 5.11. The maximum Gasteiger partial charge on any atom is 0.252 e. The van der Waals surface area contributed by atoms with Crippen LogP contribution < -0.4 is 11.1 Å². The summed E-state index contributed by atoms with van der Waals surface area (Å²) in [5, 5.41) is 17.3. The molecule has 1 aliphatic rings. The molecular formula is C19H24N6OS2. The molecule has 1 fully saturated rings. The van der Waals surface area contributed by atoms with Crippen LogP contribution in [0.5, 0.6) is 0 Å². The average molecular weight is 417 g/mol. The molecule has 0 spiro atoms. The van der Waals surface area contributed by atoms with Crippen molar-refractivity contribution in [3.8, 4) is 10.6 Å². The Morgan fingerprint density at radius 1 is 1.39 bits per heavy atom. The minimum atomic E-state index is -0.482. The molecule has 148 valence electrons.